The summed E-state index contributed by atoms with van der Waals surface area (Å²) in [5.41, 5.74) is 1.01. The van der Waals surface area contributed by atoms with Crippen molar-refractivity contribution in [3.05, 3.63) is 23.9 Å². The molecule has 0 spiro atoms. The van der Waals surface area contributed by atoms with E-state index in [2.05, 4.69) is 4.98 Å². The van der Waals surface area contributed by atoms with E-state index in [1.165, 1.54) is 0 Å². The Bertz CT molecular complexity index is 591. The maximum Gasteiger partial charge on any atom is 0.262 e. The van der Waals surface area contributed by atoms with E-state index in [1.54, 1.807) is 11.1 Å². The van der Waals surface area contributed by atoms with Gasteiger partial charge in [-0.05, 0) is 18.1 Å². The van der Waals surface area contributed by atoms with E-state index in [0.29, 0.717) is 32.5 Å². The Balaban J connectivity index is 1.50. The van der Waals surface area contributed by atoms with Gasteiger partial charge < -0.3 is 9.80 Å². The van der Waals surface area contributed by atoms with Crippen LogP contribution in [0.25, 0.3) is 0 Å². The Labute approximate surface area is 141 Å². The number of rotatable bonds is 4. The Hall–Kier alpha value is -1.76. The van der Waals surface area contributed by atoms with Crippen LogP contribution < -0.4 is 4.90 Å². The number of nitrogens with zero attached hydrogens (tertiary/aromatic N) is 4. The third kappa shape index (κ3) is 3.83. The average Bonchev–Trinajstić information content (AvgIpc) is 2.85. The normalized spacial score (nSPS) is 23.2. The summed E-state index contributed by atoms with van der Waals surface area (Å²) in [6.45, 7) is 1.35. The highest BCUT2D eigenvalue weighted by Crippen LogP contribution is 2.33. The van der Waals surface area contributed by atoms with Crippen LogP contribution in [0, 0.1) is 0 Å². The Kier molecular flexibility index (Phi) is 4.71. The summed E-state index contributed by atoms with van der Waals surface area (Å²) < 4.78 is 27.0. The van der Waals surface area contributed by atoms with E-state index in [0.717, 1.165) is 11.4 Å². The molecule has 2 saturated heterocycles. The summed E-state index contributed by atoms with van der Waals surface area (Å²) in [4.78, 5) is 22.2. The standard InChI is InChI=1S/C17H24F2N4O/c1-21(2)15-5-3-13(10-20-15)4-6-16(24)22-7-8-23-12-17(18,19)9-14(23)11-22/h3,5,10,14H,4,6-9,11-12H2,1-2H3/t14-/m0/s1. The second kappa shape index (κ2) is 6.63. The van der Waals surface area contributed by atoms with Crippen LogP contribution in [-0.2, 0) is 11.2 Å². The first-order valence-corrected chi connectivity index (χ1v) is 8.36. The SMILES string of the molecule is CN(C)c1ccc(CCC(=O)N2CCN3CC(F)(F)C[C@H]3C2)cn1. The largest absolute Gasteiger partial charge is 0.363 e. The zero-order valence-electron chi connectivity index (χ0n) is 14.2. The van der Waals surface area contributed by atoms with Gasteiger partial charge in [0, 0.05) is 58.8 Å². The van der Waals surface area contributed by atoms with Crippen molar-refractivity contribution < 1.29 is 13.6 Å². The molecule has 1 aromatic rings. The first-order valence-electron chi connectivity index (χ1n) is 8.36. The van der Waals surface area contributed by atoms with Crippen molar-refractivity contribution in [1.29, 1.82) is 0 Å². The average molecular weight is 338 g/mol. The molecule has 0 bridgehead atoms. The van der Waals surface area contributed by atoms with Crippen LogP contribution in [0.3, 0.4) is 0 Å². The fourth-order valence-electron chi connectivity index (χ4n) is 3.47. The molecule has 0 unspecified atom stereocenters. The minimum Gasteiger partial charge on any atom is -0.363 e. The lowest BCUT2D eigenvalue weighted by Gasteiger charge is -2.37. The van der Waals surface area contributed by atoms with Gasteiger partial charge in [-0.1, -0.05) is 6.07 Å². The van der Waals surface area contributed by atoms with Crippen LogP contribution in [0.5, 0.6) is 0 Å². The lowest BCUT2D eigenvalue weighted by Crippen LogP contribution is -2.52. The van der Waals surface area contributed by atoms with Crippen LogP contribution in [-0.4, -0.2) is 72.9 Å². The number of carbonyl (C=O) groups excluding carboxylic acids is 1. The molecule has 2 aliphatic heterocycles. The lowest BCUT2D eigenvalue weighted by molar-refractivity contribution is -0.133. The number of hydrogen-bond donors (Lipinski definition) is 0. The zero-order chi connectivity index (χ0) is 17.3. The number of halogens is 2. The topological polar surface area (TPSA) is 39.7 Å². The van der Waals surface area contributed by atoms with E-state index in [4.69, 9.17) is 0 Å². The molecule has 1 aromatic heterocycles. The monoisotopic (exact) mass is 338 g/mol. The number of hydrogen-bond acceptors (Lipinski definition) is 4. The Morgan fingerprint density at radius 1 is 1.38 bits per heavy atom. The van der Waals surface area contributed by atoms with Crippen molar-refractivity contribution in [2.24, 2.45) is 0 Å². The summed E-state index contributed by atoms with van der Waals surface area (Å²) in [5.74, 6) is -1.69. The molecule has 0 aliphatic carbocycles. The Morgan fingerprint density at radius 2 is 2.17 bits per heavy atom. The highest BCUT2D eigenvalue weighted by atomic mass is 19.3. The summed E-state index contributed by atoms with van der Waals surface area (Å²) in [5, 5.41) is 0. The van der Waals surface area contributed by atoms with Gasteiger partial charge in [-0.25, -0.2) is 13.8 Å². The third-order valence-corrected chi connectivity index (χ3v) is 4.82. The van der Waals surface area contributed by atoms with Gasteiger partial charge in [0.15, 0.2) is 0 Å². The summed E-state index contributed by atoms with van der Waals surface area (Å²) in [6.07, 6.45) is 2.68. The molecular weight excluding hydrogens is 314 g/mol. The number of alkyl halides is 2. The van der Waals surface area contributed by atoms with Crippen LogP contribution in [0.4, 0.5) is 14.6 Å². The van der Waals surface area contributed by atoms with Gasteiger partial charge in [0.05, 0.1) is 6.54 Å². The maximum atomic E-state index is 13.5. The molecule has 0 aromatic carbocycles. The molecule has 3 heterocycles. The van der Waals surface area contributed by atoms with Crippen LogP contribution >= 0.6 is 0 Å². The van der Waals surface area contributed by atoms with Gasteiger partial charge in [0.25, 0.3) is 5.92 Å². The number of aryl methyl sites for hydroxylation is 1. The molecule has 1 atom stereocenters. The van der Waals surface area contributed by atoms with E-state index in [9.17, 15) is 13.6 Å². The highest BCUT2D eigenvalue weighted by molar-refractivity contribution is 5.76. The van der Waals surface area contributed by atoms with Crippen molar-refractivity contribution in [2.75, 3.05) is 45.2 Å². The minimum absolute atomic E-state index is 0.0431. The number of amides is 1. The van der Waals surface area contributed by atoms with Crippen LogP contribution in [0.1, 0.15) is 18.4 Å². The molecule has 0 saturated carbocycles. The molecule has 5 nitrogen and oxygen atoms in total. The highest BCUT2D eigenvalue weighted by Gasteiger charge is 2.47. The van der Waals surface area contributed by atoms with Gasteiger partial charge in [0.1, 0.15) is 5.82 Å². The first-order chi connectivity index (χ1) is 11.3. The predicted molar refractivity (Wildman–Crippen MR) is 88.4 cm³/mol. The molecule has 24 heavy (non-hydrogen) atoms. The second-order valence-corrected chi connectivity index (χ2v) is 6.94. The fourth-order valence-corrected chi connectivity index (χ4v) is 3.47. The zero-order valence-corrected chi connectivity index (χ0v) is 14.2. The molecule has 0 radical (unpaired) electrons. The van der Waals surface area contributed by atoms with Gasteiger partial charge in [-0.15, -0.1) is 0 Å². The summed E-state index contributed by atoms with van der Waals surface area (Å²) >= 11 is 0. The molecule has 3 rings (SSSR count). The summed E-state index contributed by atoms with van der Waals surface area (Å²) in [6, 6.07) is 3.71. The van der Waals surface area contributed by atoms with Gasteiger partial charge in [0.2, 0.25) is 5.91 Å². The van der Waals surface area contributed by atoms with Crippen molar-refractivity contribution in [3.63, 3.8) is 0 Å². The number of carbonyl (C=O) groups is 1. The quantitative estimate of drug-likeness (QED) is 0.837. The molecule has 2 fully saturated rings. The summed E-state index contributed by atoms with van der Waals surface area (Å²) in [7, 11) is 3.86. The lowest BCUT2D eigenvalue weighted by atomic mass is 10.1. The van der Waals surface area contributed by atoms with Crippen LogP contribution in [0.2, 0.25) is 0 Å². The predicted octanol–water partition coefficient (Wildman–Crippen LogP) is 1.63. The second-order valence-electron chi connectivity index (χ2n) is 6.94. The fraction of sp³-hybridized carbons (Fsp3) is 0.647. The van der Waals surface area contributed by atoms with E-state index < -0.39 is 5.92 Å². The van der Waals surface area contributed by atoms with E-state index in [-0.39, 0.29) is 24.9 Å². The number of anilines is 1. The number of piperazine rings is 1. The van der Waals surface area contributed by atoms with Crippen molar-refractivity contribution in [1.82, 2.24) is 14.8 Å². The van der Waals surface area contributed by atoms with Crippen molar-refractivity contribution >= 4 is 11.7 Å². The van der Waals surface area contributed by atoms with E-state index in [1.807, 2.05) is 36.0 Å². The van der Waals surface area contributed by atoms with Crippen LogP contribution in [0.15, 0.2) is 18.3 Å². The molecule has 132 valence electrons. The van der Waals surface area contributed by atoms with Crippen molar-refractivity contribution in [3.8, 4) is 0 Å². The van der Waals surface area contributed by atoms with Gasteiger partial charge >= 0.3 is 0 Å². The minimum atomic E-state index is -2.61. The van der Waals surface area contributed by atoms with E-state index >= 15 is 0 Å². The molecular formula is C17H24F2N4O. The number of fused-ring (bicyclic) bond motifs is 1. The maximum absolute atomic E-state index is 13.5. The number of pyridine rings is 1. The molecule has 0 N–H and O–H groups in total. The molecule has 2 aliphatic rings. The Morgan fingerprint density at radius 3 is 2.83 bits per heavy atom. The van der Waals surface area contributed by atoms with Crippen molar-refractivity contribution in [2.45, 2.75) is 31.2 Å². The third-order valence-electron chi connectivity index (χ3n) is 4.82. The van der Waals surface area contributed by atoms with Gasteiger partial charge in [-0.3, -0.25) is 9.69 Å². The first kappa shape index (κ1) is 17.1. The molecule has 7 heteroatoms. The molecule has 1 amide bonds. The van der Waals surface area contributed by atoms with Gasteiger partial charge in [-0.2, -0.15) is 0 Å². The smallest absolute Gasteiger partial charge is 0.262 e. The number of aromatic nitrogens is 1.